The van der Waals surface area contributed by atoms with Gasteiger partial charge in [0.05, 0.1) is 5.56 Å². The first kappa shape index (κ1) is 12.7. The Morgan fingerprint density at radius 3 is 1.69 bits per heavy atom. The van der Waals surface area contributed by atoms with Gasteiger partial charge in [0.1, 0.15) is 0 Å². The summed E-state index contributed by atoms with van der Waals surface area (Å²) in [5.41, 5.74) is -1.63. The molecule has 0 aliphatic carbocycles. The number of nitrogens with zero attached hydrogens (tertiary/aromatic N) is 2. The number of hydrogen-bond donors (Lipinski definition) is 0. The van der Waals surface area contributed by atoms with E-state index in [-0.39, 0.29) is 12.4 Å². The number of aromatic nitrogens is 2. The molecule has 0 fully saturated rings. The Morgan fingerprint density at radius 1 is 0.875 bits per heavy atom. The van der Waals surface area contributed by atoms with Crippen LogP contribution in [0.2, 0.25) is 0 Å². The molecule has 1 rings (SSSR count). The average molecular weight is 247 g/mol. The number of alkyl halides is 7. The lowest BCUT2D eigenvalue weighted by Crippen LogP contribution is -2.50. The normalized spacial score (nSPS) is 13.9. The molecule has 1 aromatic heterocycles. The van der Waals surface area contributed by atoms with Crippen LogP contribution in [0.3, 0.4) is 0 Å². The van der Waals surface area contributed by atoms with Crippen LogP contribution < -0.4 is 0 Å². The summed E-state index contributed by atoms with van der Waals surface area (Å²) in [4.78, 5) is 5.66. The lowest BCUT2D eigenvalue weighted by molar-refractivity contribution is -0.359. The zero-order chi connectivity index (χ0) is 12.6. The van der Waals surface area contributed by atoms with E-state index in [1.165, 1.54) is 0 Å². The zero-order valence-electron chi connectivity index (χ0n) is 7.19. The van der Waals surface area contributed by atoms with Crippen LogP contribution in [0.25, 0.3) is 0 Å². The maximum Gasteiger partial charge on any atom is 0.460 e. The molecule has 9 heteroatoms. The highest BCUT2D eigenvalue weighted by Gasteiger charge is 2.73. The van der Waals surface area contributed by atoms with E-state index in [0.717, 1.165) is 0 Å². The van der Waals surface area contributed by atoms with Crippen molar-refractivity contribution < 1.29 is 30.7 Å². The SMILES string of the molecule is FC(F)(F)C(F)(F)C(F)(F)c1cn[c]nc1. The van der Waals surface area contributed by atoms with Gasteiger partial charge in [-0.05, 0) is 0 Å². The molecule has 0 unspecified atom stereocenters. The molecule has 0 saturated carbocycles. The standard InChI is InChI=1S/C7H2F7N2/c8-5(9,4-1-15-3-16-2-4)6(10,11)7(12,13)14/h1-2H. The molecule has 1 aromatic rings. The molecule has 0 amide bonds. The van der Waals surface area contributed by atoms with E-state index in [2.05, 4.69) is 9.97 Å². The maximum absolute atomic E-state index is 12.9. The van der Waals surface area contributed by atoms with E-state index in [9.17, 15) is 30.7 Å². The van der Waals surface area contributed by atoms with Gasteiger partial charge in [0.15, 0.2) is 6.33 Å². The molecule has 0 atom stereocenters. The van der Waals surface area contributed by atoms with E-state index in [4.69, 9.17) is 0 Å². The topological polar surface area (TPSA) is 25.8 Å². The molecular formula is C7H2F7N2. The van der Waals surface area contributed by atoms with Crippen LogP contribution in [0.4, 0.5) is 30.7 Å². The van der Waals surface area contributed by atoms with Gasteiger partial charge in [-0.1, -0.05) is 0 Å². The second-order valence-corrected chi connectivity index (χ2v) is 2.72. The summed E-state index contributed by atoms with van der Waals surface area (Å²) in [6.45, 7) is 0. The molecule has 16 heavy (non-hydrogen) atoms. The fourth-order valence-electron chi connectivity index (χ4n) is 0.785. The first-order chi connectivity index (χ1) is 7.11. The molecule has 0 saturated heterocycles. The van der Waals surface area contributed by atoms with Crippen molar-refractivity contribution in [1.82, 2.24) is 9.97 Å². The highest BCUT2D eigenvalue weighted by Crippen LogP contribution is 2.51. The predicted molar refractivity (Wildman–Crippen MR) is 35.8 cm³/mol. The Labute approximate surface area is 84.1 Å². The third-order valence-corrected chi connectivity index (χ3v) is 1.64. The third kappa shape index (κ3) is 1.81. The number of hydrogen-bond acceptors (Lipinski definition) is 2. The van der Waals surface area contributed by atoms with Crippen LogP contribution in [0.5, 0.6) is 0 Å². The molecular weight excluding hydrogens is 245 g/mol. The van der Waals surface area contributed by atoms with Crippen LogP contribution >= 0.6 is 0 Å². The molecule has 1 radical (unpaired) electrons. The Bertz CT molecular complexity index is 359. The quantitative estimate of drug-likeness (QED) is 0.750. The van der Waals surface area contributed by atoms with Crippen molar-refractivity contribution in [3.8, 4) is 0 Å². The van der Waals surface area contributed by atoms with E-state index in [1.807, 2.05) is 0 Å². The summed E-state index contributed by atoms with van der Waals surface area (Å²) in [5.74, 6) is -11.6. The van der Waals surface area contributed by atoms with Crippen molar-refractivity contribution in [2.45, 2.75) is 18.0 Å². The summed E-state index contributed by atoms with van der Waals surface area (Å²) >= 11 is 0. The van der Waals surface area contributed by atoms with Gasteiger partial charge in [0, 0.05) is 12.4 Å². The van der Waals surface area contributed by atoms with Crippen molar-refractivity contribution >= 4 is 0 Å². The molecule has 0 bridgehead atoms. The smallest absolute Gasteiger partial charge is 0.233 e. The van der Waals surface area contributed by atoms with Gasteiger partial charge < -0.3 is 0 Å². The second-order valence-electron chi connectivity index (χ2n) is 2.72. The molecule has 1 heterocycles. The van der Waals surface area contributed by atoms with Gasteiger partial charge >= 0.3 is 18.0 Å². The minimum absolute atomic E-state index is 0.145. The van der Waals surface area contributed by atoms with Gasteiger partial charge in [0.2, 0.25) is 0 Å². The summed E-state index contributed by atoms with van der Waals surface area (Å²) in [5, 5.41) is 0. The fourth-order valence-corrected chi connectivity index (χ4v) is 0.785. The largest absolute Gasteiger partial charge is 0.460 e. The van der Waals surface area contributed by atoms with Crippen LogP contribution in [0.15, 0.2) is 12.4 Å². The maximum atomic E-state index is 12.9. The van der Waals surface area contributed by atoms with Crippen molar-refractivity contribution in [3.05, 3.63) is 24.3 Å². The van der Waals surface area contributed by atoms with Gasteiger partial charge in [-0.15, -0.1) is 0 Å². The van der Waals surface area contributed by atoms with E-state index < -0.39 is 23.6 Å². The molecule has 0 spiro atoms. The van der Waals surface area contributed by atoms with Crippen molar-refractivity contribution in [2.75, 3.05) is 0 Å². The monoisotopic (exact) mass is 247 g/mol. The van der Waals surface area contributed by atoms with Crippen LogP contribution in [-0.2, 0) is 5.92 Å². The molecule has 0 N–H and O–H groups in total. The van der Waals surface area contributed by atoms with Gasteiger partial charge in [-0.2, -0.15) is 30.7 Å². The average Bonchev–Trinajstić information content (AvgIpc) is 2.17. The summed E-state index contributed by atoms with van der Waals surface area (Å²) in [7, 11) is 0. The third-order valence-electron chi connectivity index (χ3n) is 1.64. The highest BCUT2D eigenvalue weighted by molar-refractivity contribution is 5.16. The van der Waals surface area contributed by atoms with Gasteiger partial charge in [0.25, 0.3) is 0 Å². The fraction of sp³-hybridized carbons (Fsp3) is 0.429. The Hall–Kier alpha value is -1.41. The molecule has 89 valence electrons. The minimum Gasteiger partial charge on any atom is -0.233 e. The minimum atomic E-state index is -6.37. The van der Waals surface area contributed by atoms with Crippen LogP contribution in [0.1, 0.15) is 5.56 Å². The number of halogens is 7. The lowest BCUT2D eigenvalue weighted by Gasteiger charge is -2.27. The summed E-state index contributed by atoms with van der Waals surface area (Å²) < 4.78 is 85.8. The Morgan fingerprint density at radius 2 is 1.31 bits per heavy atom. The summed E-state index contributed by atoms with van der Waals surface area (Å²) in [6, 6.07) is 0. The molecule has 2 nitrogen and oxygen atoms in total. The first-order valence-corrected chi connectivity index (χ1v) is 3.61. The number of rotatable bonds is 2. The second kappa shape index (κ2) is 3.56. The van der Waals surface area contributed by atoms with Crippen LogP contribution in [-0.4, -0.2) is 22.1 Å². The molecule has 0 aliphatic heterocycles. The van der Waals surface area contributed by atoms with Gasteiger partial charge in [-0.25, -0.2) is 9.97 Å². The van der Waals surface area contributed by atoms with Crippen LogP contribution in [0, 0.1) is 6.33 Å². The summed E-state index contributed by atoms with van der Waals surface area (Å²) in [6.07, 6.45) is -4.34. The predicted octanol–water partition coefficient (Wildman–Crippen LogP) is 2.57. The highest BCUT2D eigenvalue weighted by atomic mass is 19.4. The van der Waals surface area contributed by atoms with Crippen molar-refractivity contribution in [2.24, 2.45) is 0 Å². The Kier molecular flexibility index (Phi) is 2.82. The molecule has 0 aliphatic rings. The first-order valence-electron chi connectivity index (χ1n) is 3.61. The van der Waals surface area contributed by atoms with Gasteiger partial charge in [-0.3, -0.25) is 0 Å². The van der Waals surface area contributed by atoms with Crippen molar-refractivity contribution in [3.63, 3.8) is 0 Å². The lowest BCUT2D eigenvalue weighted by atomic mass is 10.1. The van der Waals surface area contributed by atoms with E-state index in [1.54, 1.807) is 6.33 Å². The van der Waals surface area contributed by atoms with E-state index >= 15 is 0 Å². The van der Waals surface area contributed by atoms with E-state index in [0.29, 0.717) is 0 Å². The Balaban J connectivity index is 3.22. The zero-order valence-corrected chi connectivity index (χ0v) is 7.19. The van der Waals surface area contributed by atoms with Crippen molar-refractivity contribution in [1.29, 1.82) is 0 Å². The molecule has 0 aromatic carbocycles.